The van der Waals surface area contributed by atoms with Crippen LogP contribution in [0, 0.1) is 6.92 Å². The molecule has 168 valence electrons. The first-order chi connectivity index (χ1) is 15.5. The third-order valence-electron chi connectivity index (χ3n) is 6.18. The van der Waals surface area contributed by atoms with Crippen molar-refractivity contribution in [2.75, 3.05) is 44.7 Å². The van der Waals surface area contributed by atoms with Gasteiger partial charge in [0, 0.05) is 44.8 Å². The topological polar surface area (TPSA) is 70.2 Å². The van der Waals surface area contributed by atoms with Gasteiger partial charge in [0.1, 0.15) is 5.75 Å². The Kier molecular flexibility index (Phi) is 6.44. The molecule has 0 radical (unpaired) electrons. The van der Waals surface area contributed by atoms with Crippen molar-refractivity contribution in [2.24, 2.45) is 0 Å². The summed E-state index contributed by atoms with van der Waals surface area (Å²) in [4.78, 5) is 43.4. The number of hydrogen-bond donors (Lipinski definition) is 0. The largest absolute Gasteiger partial charge is 0.497 e. The number of hydrogen-bond acceptors (Lipinski definition) is 5. The Morgan fingerprint density at radius 1 is 0.938 bits per heavy atom. The highest BCUT2D eigenvalue weighted by atomic mass is 16.5. The highest BCUT2D eigenvalue weighted by Crippen LogP contribution is 2.24. The van der Waals surface area contributed by atoms with Crippen molar-refractivity contribution in [2.45, 2.75) is 26.2 Å². The standard InChI is InChI=1S/C25H29N3O4/c1-18-6-11-21-22(17-18)25(31)28(24(21)30)14-3-5-23(29)27-13-4-12-26(15-16-27)19-7-9-20(32-2)10-8-19/h6-11,17H,3-5,12-16H2,1-2H3. The van der Waals surface area contributed by atoms with Gasteiger partial charge in [-0.15, -0.1) is 0 Å². The fourth-order valence-electron chi connectivity index (χ4n) is 4.37. The molecule has 0 aliphatic carbocycles. The molecule has 0 atom stereocenters. The van der Waals surface area contributed by atoms with Crippen molar-refractivity contribution in [1.29, 1.82) is 0 Å². The SMILES string of the molecule is COc1ccc(N2CCCN(C(=O)CCCN3C(=O)c4ccc(C)cc4C3=O)CC2)cc1. The fraction of sp³-hybridized carbons (Fsp3) is 0.400. The second-order valence-corrected chi connectivity index (χ2v) is 8.33. The molecule has 2 heterocycles. The Balaban J connectivity index is 1.27. The van der Waals surface area contributed by atoms with Crippen molar-refractivity contribution in [3.05, 3.63) is 59.2 Å². The summed E-state index contributed by atoms with van der Waals surface area (Å²) in [6.07, 6.45) is 1.70. The van der Waals surface area contributed by atoms with E-state index in [2.05, 4.69) is 4.90 Å². The van der Waals surface area contributed by atoms with Gasteiger partial charge in [-0.05, 0) is 56.2 Å². The maximum atomic E-state index is 12.8. The average Bonchev–Trinajstić information content (AvgIpc) is 2.97. The van der Waals surface area contributed by atoms with Crippen LogP contribution in [0.15, 0.2) is 42.5 Å². The molecular weight excluding hydrogens is 406 g/mol. The van der Waals surface area contributed by atoms with E-state index in [9.17, 15) is 14.4 Å². The molecule has 2 aromatic carbocycles. The molecule has 2 aliphatic rings. The first-order valence-electron chi connectivity index (χ1n) is 11.1. The molecule has 7 nitrogen and oxygen atoms in total. The summed E-state index contributed by atoms with van der Waals surface area (Å²) in [5.74, 6) is 0.385. The van der Waals surface area contributed by atoms with Crippen LogP contribution in [0.3, 0.4) is 0 Å². The number of methoxy groups -OCH3 is 1. The van der Waals surface area contributed by atoms with Gasteiger partial charge in [0.25, 0.3) is 11.8 Å². The molecule has 0 unspecified atom stereocenters. The second kappa shape index (κ2) is 9.42. The van der Waals surface area contributed by atoms with E-state index in [0.29, 0.717) is 30.5 Å². The van der Waals surface area contributed by atoms with E-state index in [4.69, 9.17) is 4.74 Å². The lowest BCUT2D eigenvalue weighted by Crippen LogP contribution is -2.36. The number of carbonyl (C=O) groups excluding carboxylic acids is 3. The zero-order valence-electron chi connectivity index (χ0n) is 18.7. The summed E-state index contributed by atoms with van der Waals surface area (Å²) in [5, 5.41) is 0. The Bertz CT molecular complexity index is 1020. The molecule has 4 rings (SSSR count). The van der Waals surface area contributed by atoms with E-state index < -0.39 is 0 Å². The van der Waals surface area contributed by atoms with E-state index in [1.54, 1.807) is 19.2 Å². The maximum absolute atomic E-state index is 12.8. The van der Waals surface area contributed by atoms with Crippen LogP contribution in [0.5, 0.6) is 5.75 Å². The molecule has 0 aromatic heterocycles. The van der Waals surface area contributed by atoms with E-state index in [1.165, 1.54) is 4.90 Å². The lowest BCUT2D eigenvalue weighted by Gasteiger charge is -2.24. The molecule has 2 aromatic rings. The molecule has 7 heteroatoms. The minimum Gasteiger partial charge on any atom is -0.497 e. The highest BCUT2D eigenvalue weighted by Gasteiger charge is 2.35. The predicted molar refractivity (Wildman–Crippen MR) is 122 cm³/mol. The predicted octanol–water partition coefficient (Wildman–Crippen LogP) is 3.12. The highest BCUT2D eigenvalue weighted by molar-refractivity contribution is 6.21. The van der Waals surface area contributed by atoms with Crippen molar-refractivity contribution in [3.63, 3.8) is 0 Å². The van der Waals surface area contributed by atoms with E-state index in [-0.39, 0.29) is 24.3 Å². The third kappa shape index (κ3) is 4.47. The minimum absolute atomic E-state index is 0.0778. The quantitative estimate of drug-likeness (QED) is 0.652. The Hall–Kier alpha value is -3.35. The van der Waals surface area contributed by atoms with Crippen LogP contribution in [-0.2, 0) is 4.79 Å². The summed E-state index contributed by atoms with van der Waals surface area (Å²) >= 11 is 0. The number of carbonyl (C=O) groups is 3. The number of imide groups is 1. The number of benzene rings is 2. The summed E-state index contributed by atoms with van der Waals surface area (Å²) in [6.45, 7) is 5.22. The third-order valence-corrected chi connectivity index (χ3v) is 6.18. The van der Waals surface area contributed by atoms with E-state index in [0.717, 1.165) is 43.1 Å². The molecule has 0 N–H and O–H groups in total. The van der Waals surface area contributed by atoms with Crippen LogP contribution >= 0.6 is 0 Å². The summed E-state index contributed by atoms with van der Waals surface area (Å²) in [7, 11) is 1.65. The van der Waals surface area contributed by atoms with E-state index >= 15 is 0 Å². The van der Waals surface area contributed by atoms with Crippen molar-refractivity contribution < 1.29 is 19.1 Å². The summed E-state index contributed by atoms with van der Waals surface area (Å²) in [5.41, 5.74) is 3.00. The summed E-state index contributed by atoms with van der Waals surface area (Å²) in [6, 6.07) is 13.3. The van der Waals surface area contributed by atoms with Crippen LogP contribution in [0.4, 0.5) is 5.69 Å². The molecular formula is C25H29N3O4. The molecule has 32 heavy (non-hydrogen) atoms. The second-order valence-electron chi connectivity index (χ2n) is 8.33. The normalized spacial score (nSPS) is 16.2. The molecule has 0 saturated carbocycles. The average molecular weight is 436 g/mol. The van der Waals surface area contributed by atoms with Gasteiger partial charge in [-0.25, -0.2) is 0 Å². The Morgan fingerprint density at radius 3 is 2.44 bits per heavy atom. The number of rotatable bonds is 6. The number of aryl methyl sites for hydroxylation is 1. The molecule has 0 spiro atoms. The monoisotopic (exact) mass is 435 g/mol. The smallest absolute Gasteiger partial charge is 0.261 e. The van der Waals surface area contributed by atoms with Gasteiger partial charge < -0.3 is 14.5 Å². The zero-order valence-corrected chi connectivity index (χ0v) is 18.7. The summed E-state index contributed by atoms with van der Waals surface area (Å²) < 4.78 is 5.22. The van der Waals surface area contributed by atoms with Crippen LogP contribution in [0.1, 0.15) is 45.5 Å². The fourth-order valence-corrected chi connectivity index (χ4v) is 4.37. The molecule has 3 amide bonds. The van der Waals surface area contributed by atoms with Crippen molar-refractivity contribution >= 4 is 23.4 Å². The van der Waals surface area contributed by atoms with Crippen LogP contribution in [0.2, 0.25) is 0 Å². The van der Waals surface area contributed by atoms with Gasteiger partial charge in [-0.1, -0.05) is 11.6 Å². The van der Waals surface area contributed by atoms with Crippen molar-refractivity contribution in [3.8, 4) is 5.75 Å². The minimum atomic E-state index is -0.262. The lowest BCUT2D eigenvalue weighted by molar-refractivity contribution is -0.131. The first-order valence-corrected chi connectivity index (χ1v) is 11.1. The maximum Gasteiger partial charge on any atom is 0.261 e. The molecule has 1 fully saturated rings. The van der Waals surface area contributed by atoms with Gasteiger partial charge >= 0.3 is 0 Å². The molecule has 0 bridgehead atoms. The van der Waals surface area contributed by atoms with Gasteiger partial charge in [0.2, 0.25) is 5.91 Å². The number of amides is 3. The van der Waals surface area contributed by atoms with Gasteiger partial charge in [-0.3, -0.25) is 19.3 Å². The van der Waals surface area contributed by atoms with Crippen LogP contribution in [0.25, 0.3) is 0 Å². The first kappa shape index (κ1) is 21.9. The van der Waals surface area contributed by atoms with E-state index in [1.807, 2.05) is 42.2 Å². The Labute approximate surface area is 188 Å². The molecule has 2 aliphatic heterocycles. The van der Waals surface area contributed by atoms with Crippen molar-refractivity contribution in [1.82, 2.24) is 9.80 Å². The van der Waals surface area contributed by atoms with Crippen LogP contribution < -0.4 is 9.64 Å². The molecule has 1 saturated heterocycles. The number of nitrogens with zero attached hydrogens (tertiary/aromatic N) is 3. The van der Waals surface area contributed by atoms with Crippen LogP contribution in [-0.4, -0.2) is 67.4 Å². The van der Waals surface area contributed by atoms with Gasteiger partial charge in [0.05, 0.1) is 18.2 Å². The Morgan fingerprint density at radius 2 is 1.69 bits per heavy atom. The lowest BCUT2D eigenvalue weighted by atomic mass is 10.1. The van der Waals surface area contributed by atoms with Gasteiger partial charge in [0.15, 0.2) is 0 Å². The number of ether oxygens (including phenoxy) is 1. The number of anilines is 1. The van der Waals surface area contributed by atoms with Gasteiger partial charge in [-0.2, -0.15) is 0 Å². The number of fused-ring (bicyclic) bond motifs is 1. The zero-order chi connectivity index (χ0) is 22.7.